The van der Waals surface area contributed by atoms with E-state index in [2.05, 4.69) is 24.4 Å². The second-order valence-corrected chi connectivity index (χ2v) is 6.37. The summed E-state index contributed by atoms with van der Waals surface area (Å²) in [6.07, 6.45) is 4.67. The zero-order chi connectivity index (χ0) is 16.5. The number of benzene rings is 1. The van der Waals surface area contributed by atoms with Crippen LogP contribution in [0.4, 0.5) is 0 Å². The minimum atomic E-state index is 0. The molecule has 136 valence electrons. The van der Waals surface area contributed by atoms with Crippen LogP contribution in [0.5, 0.6) is 5.75 Å². The Morgan fingerprint density at radius 1 is 1.25 bits per heavy atom. The van der Waals surface area contributed by atoms with Gasteiger partial charge in [-0.15, -0.1) is 12.4 Å². The summed E-state index contributed by atoms with van der Waals surface area (Å²) in [7, 11) is 2.00. The molecule has 1 aliphatic heterocycles. The maximum Gasteiger partial charge on any atom is 0.222 e. The first-order chi connectivity index (χ1) is 11.2. The van der Waals surface area contributed by atoms with Gasteiger partial charge >= 0.3 is 0 Å². The average molecular weight is 355 g/mol. The lowest BCUT2D eigenvalue weighted by atomic mass is 9.96. The van der Waals surface area contributed by atoms with Gasteiger partial charge in [-0.3, -0.25) is 4.79 Å². The fourth-order valence-corrected chi connectivity index (χ4v) is 3.06. The van der Waals surface area contributed by atoms with E-state index in [4.69, 9.17) is 4.74 Å². The number of halogens is 1. The molecule has 1 aromatic carbocycles. The summed E-state index contributed by atoms with van der Waals surface area (Å²) in [5, 5.41) is 3.23. The number of nitrogens with zero attached hydrogens (tertiary/aromatic N) is 1. The molecule has 1 fully saturated rings. The maximum atomic E-state index is 12.3. The van der Waals surface area contributed by atoms with E-state index in [9.17, 15) is 4.79 Å². The molecular weight excluding hydrogens is 324 g/mol. The van der Waals surface area contributed by atoms with Crippen LogP contribution < -0.4 is 10.1 Å². The predicted molar refractivity (Wildman–Crippen MR) is 101 cm³/mol. The minimum Gasteiger partial charge on any atom is -0.494 e. The van der Waals surface area contributed by atoms with Crippen molar-refractivity contribution in [2.75, 3.05) is 33.3 Å². The Bertz CT molecular complexity index is 471. The highest BCUT2D eigenvalue weighted by Crippen LogP contribution is 2.18. The molecular formula is C19H31ClN2O2. The number of amides is 1. The van der Waals surface area contributed by atoms with Gasteiger partial charge in [-0.25, -0.2) is 0 Å². The zero-order valence-corrected chi connectivity index (χ0v) is 15.7. The van der Waals surface area contributed by atoms with E-state index in [0.717, 1.165) is 63.6 Å². The summed E-state index contributed by atoms with van der Waals surface area (Å²) in [6.45, 7) is 5.74. The molecule has 1 aliphatic rings. The minimum absolute atomic E-state index is 0. The Morgan fingerprint density at radius 2 is 1.92 bits per heavy atom. The molecule has 1 N–H and O–H groups in total. The Morgan fingerprint density at radius 3 is 2.50 bits per heavy atom. The molecule has 0 unspecified atom stereocenters. The average Bonchev–Trinajstić information content (AvgIpc) is 2.59. The van der Waals surface area contributed by atoms with E-state index in [-0.39, 0.29) is 12.4 Å². The third-order valence-corrected chi connectivity index (χ3v) is 4.48. The molecule has 0 saturated carbocycles. The predicted octanol–water partition coefficient (Wildman–Crippen LogP) is 3.29. The van der Waals surface area contributed by atoms with Gasteiger partial charge in [0.05, 0.1) is 6.61 Å². The van der Waals surface area contributed by atoms with E-state index in [1.807, 2.05) is 24.1 Å². The highest BCUT2D eigenvalue weighted by Gasteiger charge is 2.21. The Balaban J connectivity index is 0.00000288. The SMILES string of the molecule is CCCOc1ccc(CCC(=O)N2CCC(CNC)CC2)cc1.Cl. The largest absolute Gasteiger partial charge is 0.494 e. The molecule has 0 bridgehead atoms. The molecule has 5 heteroatoms. The topological polar surface area (TPSA) is 41.6 Å². The van der Waals surface area contributed by atoms with Crippen molar-refractivity contribution in [1.82, 2.24) is 10.2 Å². The van der Waals surface area contributed by atoms with Crippen molar-refractivity contribution in [1.29, 1.82) is 0 Å². The number of carbonyl (C=O) groups is 1. The number of carbonyl (C=O) groups excluding carboxylic acids is 1. The molecule has 1 saturated heterocycles. The van der Waals surface area contributed by atoms with Crippen molar-refractivity contribution in [3.05, 3.63) is 29.8 Å². The number of rotatable bonds is 8. The molecule has 0 atom stereocenters. The molecule has 0 radical (unpaired) electrons. The first kappa shape index (κ1) is 20.8. The van der Waals surface area contributed by atoms with Gasteiger partial charge in [0.25, 0.3) is 0 Å². The van der Waals surface area contributed by atoms with Gasteiger partial charge in [-0.2, -0.15) is 0 Å². The van der Waals surface area contributed by atoms with Gasteiger partial charge in [0.15, 0.2) is 0 Å². The van der Waals surface area contributed by atoms with Crippen LogP contribution in [0.25, 0.3) is 0 Å². The van der Waals surface area contributed by atoms with Crippen LogP contribution in [-0.2, 0) is 11.2 Å². The van der Waals surface area contributed by atoms with Crippen molar-refractivity contribution in [3.8, 4) is 5.75 Å². The van der Waals surface area contributed by atoms with E-state index < -0.39 is 0 Å². The summed E-state index contributed by atoms with van der Waals surface area (Å²) >= 11 is 0. The lowest BCUT2D eigenvalue weighted by molar-refractivity contribution is -0.132. The van der Waals surface area contributed by atoms with Crippen LogP contribution in [0, 0.1) is 5.92 Å². The number of piperidine rings is 1. The Labute approximate surface area is 152 Å². The molecule has 0 aliphatic carbocycles. The van der Waals surface area contributed by atoms with Crippen molar-refractivity contribution in [2.24, 2.45) is 5.92 Å². The quantitative estimate of drug-likeness (QED) is 0.778. The van der Waals surface area contributed by atoms with Gasteiger partial charge in [-0.05, 0) is 62.9 Å². The Kier molecular flexibility index (Phi) is 9.80. The lowest BCUT2D eigenvalue weighted by Crippen LogP contribution is -2.40. The standard InChI is InChI=1S/C19H30N2O2.ClH/c1-3-14-23-18-7-4-16(5-8-18)6-9-19(22)21-12-10-17(11-13-21)15-20-2;/h4-5,7-8,17,20H,3,6,9-15H2,1-2H3;1H. The number of aryl methyl sites for hydroxylation is 1. The summed E-state index contributed by atoms with van der Waals surface area (Å²) in [5.74, 6) is 1.92. The summed E-state index contributed by atoms with van der Waals surface area (Å²) in [4.78, 5) is 14.4. The third kappa shape index (κ3) is 6.70. The van der Waals surface area contributed by atoms with Gasteiger partial charge in [0, 0.05) is 19.5 Å². The van der Waals surface area contributed by atoms with Crippen molar-refractivity contribution >= 4 is 18.3 Å². The van der Waals surface area contributed by atoms with E-state index >= 15 is 0 Å². The molecule has 1 amide bonds. The molecule has 0 spiro atoms. The second-order valence-electron chi connectivity index (χ2n) is 6.37. The summed E-state index contributed by atoms with van der Waals surface area (Å²) < 4.78 is 5.58. The van der Waals surface area contributed by atoms with Crippen LogP contribution in [0.3, 0.4) is 0 Å². The number of hydrogen-bond acceptors (Lipinski definition) is 3. The fourth-order valence-electron chi connectivity index (χ4n) is 3.06. The fraction of sp³-hybridized carbons (Fsp3) is 0.632. The Hall–Kier alpha value is -1.26. The van der Waals surface area contributed by atoms with Crippen LogP contribution in [0.2, 0.25) is 0 Å². The van der Waals surface area contributed by atoms with Crippen molar-refractivity contribution < 1.29 is 9.53 Å². The normalized spacial score (nSPS) is 15.0. The number of nitrogens with one attached hydrogen (secondary N) is 1. The molecule has 24 heavy (non-hydrogen) atoms. The molecule has 1 aromatic rings. The van der Waals surface area contributed by atoms with Crippen LogP contribution >= 0.6 is 12.4 Å². The highest BCUT2D eigenvalue weighted by molar-refractivity contribution is 5.85. The summed E-state index contributed by atoms with van der Waals surface area (Å²) in [6, 6.07) is 8.13. The zero-order valence-electron chi connectivity index (χ0n) is 14.9. The van der Waals surface area contributed by atoms with Crippen molar-refractivity contribution in [2.45, 2.75) is 39.0 Å². The lowest BCUT2D eigenvalue weighted by Gasteiger charge is -2.32. The third-order valence-electron chi connectivity index (χ3n) is 4.48. The molecule has 1 heterocycles. The number of ether oxygens (including phenoxy) is 1. The number of likely N-dealkylation sites (tertiary alicyclic amines) is 1. The van der Waals surface area contributed by atoms with Gasteiger partial charge < -0.3 is 15.0 Å². The van der Waals surface area contributed by atoms with E-state index in [1.165, 1.54) is 5.56 Å². The monoisotopic (exact) mass is 354 g/mol. The highest BCUT2D eigenvalue weighted by atomic mass is 35.5. The van der Waals surface area contributed by atoms with Crippen LogP contribution in [-0.4, -0.2) is 44.1 Å². The van der Waals surface area contributed by atoms with Gasteiger partial charge in [-0.1, -0.05) is 19.1 Å². The van der Waals surface area contributed by atoms with Crippen molar-refractivity contribution in [3.63, 3.8) is 0 Å². The molecule has 4 nitrogen and oxygen atoms in total. The number of hydrogen-bond donors (Lipinski definition) is 1. The second kappa shape index (κ2) is 11.3. The van der Waals surface area contributed by atoms with Gasteiger partial charge in [0.2, 0.25) is 5.91 Å². The van der Waals surface area contributed by atoms with Gasteiger partial charge in [0.1, 0.15) is 5.75 Å². The van der Waals surface area contributed by atoms with E-state index in [1.54, 1.807) is 0 Å². The molecule has 2 rings (SSSR count). The maximum absolute atomic E-state index is 12.3. The summed E-state index contributed by atoms with van der Waals surface area (Å²) in [5.41, 5.74) is 1.20. The smallest absolute Gasteiger partial charge is 0.222 e. The first-order valence-electron chi connectivity index (χ1n) is 8.87. The van der Waals surface area contributed by atoms with Crippen LogP contribution in [0.1, 0.15) is 38.2 Å². The molecule has 0 aromatic heterocycles. The van der Waals surface area contributed by atoms with Crippen LogP contribution in [0.15, 0.2) is 24.3 Å². The van der Waals surface area contributed by atoms with E-state index in [0.29, 0.717) is 12.3 Å². The first-order valence-corrected chi connectivity index (χ1v) is 8.87.